The van der Waals surface area contributed by atoms with Crippen LogP contribution in [0.2, 0.25) is 0 Å². The van der Waals surface area contributed by atoms with E-state index in [1.807, 2.05) is 90.1 Å². The number of ether oxygens (including phenoxy) is 1. The lowest BCUT2D eigenvalue weighted by Crippen LogP contribution is -2.58. The predicted octanol–water partition coefficient (Wildman–Crippen LogP) is 4.93. The Bertz CT molecular complexity index is 1350. The number of nitrogens with zero attached hydrogens (tertiary/aromatic N) is 1. The van der Waals surface area contributed by atoms with Crippen LogP contribution in [0.3, 0.4) is 0 Å². The van der Waals surface area contributed by atoms with Crippen LogP contribution in [-0.4, -0.2) is 72.5 Å². The maximum absolute atomic E-state index is 13.8. The summed E-state index contributed by atoms with van der Waals surface area (Å²) in [5.74, 6) is -1.20. The van der Waals surface area contributed by atoms with E-state index in [1.165, 1.54) is 22.7 Å². The highest BCUT2D eigenvalue weighted by Crippen LogP contribution is 2.39. The smallest absolute Gasteiger partial charge is 0.313 e. The van der Waals surface area contributed by atoms with Crippen LogP contribution in [0.1, 0.15) is 65.0 Å². The van der Waals surface area contributed by atoms with E-state index in [0.717, 1.165) is 21.8 Å². The predicted molar refractivity (Wildman–Crippen MR) is 189 cm³/mol. The molecule has 10 nitrogen and oxygen atoms in total. The number of hydrogen-bond donors (Lipinski definition) is 3. The van der Waals surface area contributed by atoms with Gasteiger partial charge < -0.3 is 25.6 Å². The fourth-order valence-corrected chi connectivity index (χ4v) is 6.69. The van der Waals surface area contributed by atoms with Crippen molar-refractivity contribution >= 4 is 51.2 Å². The van der Waals surface area contributed by atoms with Gasteiger partial charge in [-0.2, -0.15) is 0 Å². The second-order valence-electron chi connectivity index (χ2n) is 12.1. The van der Waals surface area contributed by atoms with E-state index in [0.29, 0.717) is 24.5 Å². The van der Waals surface area contributed by atoms with E-state index in [1.54, 1.807) is 17.8 Å². The number of carbonyl (C=O) groups is 5. The molecule has 0 fully saturated rings. The van der Waals surface area contributed by atoms with Gasteiger partial charge in [-0.3, -0.25) is 24.0 Å². The molecule has 0 saturated heterocycles. The molecule has 2 rings (SSSR count). The minimum absolute atomic E-state index is 0.123. The summed E-state index contributed by atoms with van der Waals surface area (Å²) in [6, 6.07) is 11.5. The molecule has 0 aliphatic carbocycles. The molecular weight excluding hydrogens is 637 g/mol. The topological polar surface area (TPSA) is 134 Å². The van der Waals surface area contributed by atoms with Crippen molar-refractivity contribution in [3.05, 3.63) is 59.7 Å². The lowest BCUT2D eigenvalue weighted by molar-refractivity contribution is -0.142. The van der Waals surface area contributed by atoms with Crippen LogP contribution in [0.4, 0.5) is 0 Å². The fraction of sp³-hybridized carbons (Fsp3) is 0.514. The van der Waals surface area contributed by atoms with Crippen LogP contribution in [0, 0.1) is 18.8 Å². The highest BCUT2D eigenvalue weighted by atomic mass is 33.1. The molecule has 258 valence electrons. The van der Waals surface area contributed by atoms with Gasteiger partial charge in [-0.1, -0.05) is 98.7 Å². The van der Waals surface area contributed by atoms with Crippen LogP contribution in [0.15, 0.2) is 53.4 Å². The molecule has 0 radical (unpaired) electrons. The first-order valence-electron chi connectivity index (χ1n) is 16.0. The van der Waals surface area contributed by atoms with Gasteiger partial charge in [0.05, 0.1) is 11.3 Å². The van der Waals surface area contributed by atoms with E-state index in [4.69, 9.17) is 4.74 Å². The molecule has 0 heterocycles. The Kier molecular flexibility index (Phi) is 16.9. The summed E-state index contributed by atoms with van der Waals surface area (Å²) < 4.78 is 5.73. The Hall–Kier alpha value is -3.51. The van der Waals surface area contributed by atoms with Crippen molar-refractivity contribution in [1.29, 1.82) is 0 Å². The number of rotatable bonds is 18. The van der Waals surface area contributed by atoms with Gasteiger partial charge >= 0.3 is 5.97 Å². The van der Waals surface area contributed by atoms with Gasteiger partial charge in [0, 0.05) is 32.7 Å². The second kappa shape index (κ2) is 20.0. The van der Waals surface area contributed by atoms with E-state index >= 15 is 0 Å². The van der Waals surface area contributed by atoms with Crippen molar-refractivity contribution in [2.24, 2.45) is 11.8 Å². The molecule has 12 heteroatoms. The SMILES string of the molecule is CCSSc1cccc(C)c1OC(=O)C[C@H](NC(=O)[C@H](Cc1ccccc1)NC(=O)[C@H](C(C)C)N(C)C(=O)CCC(C)C)C(=O)NC. The minimum Gasteiger partial charge on any atom is -0.425 e. The van der Waals surface area contributed by atoms with Gasteiger partial charge in [0.25, 0.3) is 0 Å². The van der Waals surface area contributed by atoms with Crippen LogP contribution >= 0.6 is 21.6 Å². The summed E-state index contributed by atoms with van der Waals surface area (Å²) in [5, 5.41) is 8.01. The molecule has 0 spiro atoms. The van der Waals surface area contributed by atoms with Crippen LogP contribution in [-0.2, 0) is 30.4 Å². The third-order valence-corrected chi connectivity index (χ3v) is 9.92. The zero-order valence-electron chi connectivity index (χ0n) is 28.8. The summed E-state index contributed by atoms with van der Waals surface area (Å²) in [6.45, 7) is 11.6. The average molecular weight is 687 g/mol. The number of carbonyl (C=O) groups excluding carboxylic acids is 5. The lowest BCUT2D eigenvalue weighted by atomic mass is 9.98. The number of benzene rings is 2. The second-order valence-corrected chi connectivity index (χ2v) is 14.7. The molecule has 0 bridgehead atoms. The Morgan fingerprint density at radius 2 is 1.53 bits per heavy atom. The highest BCUT2D eigenvalue weighted by molar-refractivity contribution is 8.76. The van der Waals surface area contributed by atoms with Gasteiger partial charge in [0.2, 0.25) is 23.6 Å². The normalized spacial score (nSPS) is 13.0. The highest BCUT2D eigenvalue weighted by Gasteiger charge is 2.34. The summed E-state index contributed by atoms with van der Waals surface area (Å²) >= 11 is 0. The Morgan fingerprint density at radius 1 is 0.872 bits per heavy atom. The van der Waals surface area contributed by atoms with Gasteiger partial charge in [-0.05, 0) is 42.4 Å². The van der Waals surface area contributed by atoms with E-state index in [2.05, 4.69) is 16.0 Å². The molecule has 0 unspecified atom stereocenters. The number of amides is 4. The Balaban J connectivity index is 2.30. The van der Waals surface area contributed by atoms with E-state index in [-0.39, 0.29) is 18.2 Å². The number of aryl methyl sites for hydroxylation is 1. The van der Waals surface area contributed by atoms with Crippen molar-refractivity contribution in [1.82, 2.24) is 20.9 Å². The Labute approximate surface area is 287 Å². The number of likely N-dealkylation sites (N-methyl/N-ethyl adjacent to an activating group) is 2. The van der Waals surface area contributed by atoms with Crippen LogP contribution in [0.25, 0.3) is 0 Å². The molecule has 0 aromatic heterocycles. The maximum Gasteiger partial charge on any atom is 0.313 e. The number of hydrogen-bond acceptors (Lipinski definition) is 8. The third kappa shape index (κ3) is 12.9. The molecule has 0 aliphatic heterocycles. The van der Waals surface area contributed by atoms with Gasteiger partial charge in [-0.25, -0.2) is 0 Å². The summed E-state index contributed by atoms with van der Waals surface area (Å²) in [6.07, 6.45) is 0.693. The standard InChI is InChI=1S/C35H50N4O6S2/c1-9-46-47-28-17-13-14-24(6)32(28)45-30(41)21-27(33(42)36-7)37-34(43)26(20-25-15-11-10-12-16-25)38-35(44)31(23(4)5)39(8)29(40)19-18-22(2)3/h10-17,22-23,26-27,31H,9,18-21H2,1-8H3,(H,36,42)(H,37,43)(H,38,44)/t26-,27-,31-/m0/s1. The molecule has 0 saturated carbocycles. The quantitative estimate of drug-likeness (QED) is 0.114. The zero-order chi connectivity index (χ0) is 35.1. The van der Waals surface area contributed by atoms with Gasteiger partial charge in [0.1, 0.15) is 23.9 Å². The Morgan fingerprint density at radius 3 is 2.13 bits per heavy atom. The number of nitrogens with one attached hydrogen (secondary N) is 3. The van der Waals surface area contributed by atoms with Crippen molar-refractivity contribution in [2.45, 2.75) is 90.2 Å². The van der Waals surface area contributed by atoms with Crippen molar-refractivity contribution < 1.29 is 28.7 Å². The molecule has 47 heavy (non-hydrogen) atoms. The first-order chi connectivity index (χ1) is 22.3. The summed E-state index contributed by atoms with van der Waals surface area (Å²) in [5.41, 5.74) is 1.54. The molecule has 2 aromatic carbocycles. The molecule has 2 aromatic rings. The molecule has 4 amide bonds. The van der Waals surface area contributed by atoms with E-state index < -0.39 is 48.2 Å². The molecular formula is C35H50N4O6S2. The monoisotopic (exact) mass is 686 g/mol. The summed E-state index contributed by atoms with van der Waals surface area (Å²) in [4.78, 5) is 68.8. The first kappa shape index (κ1) is 39.7. The maximum atomic E-state index is 13.8. The number of para-hydroxylation sites is 1. The van der Waals surface area contributed by atoms with Crippen molar-refractivity contribution in [3.63, 3.8) is 0 Å². The lowest BCUT2D eigenvalue weighted by Gasteiger charge is -2.32. The molecule has 3 atom stereocenters. The molecule has 3 N–H and O–H groups in total. The zero-order valence-corrected chi connectivity index (χ0v) is 30.4. The van der Waals surface area contributed by atoms with Crippen molar-refractivity contribution in [2.75, 3.05) is 19.8 Å². The van der Waals surface area contributed by atoms with Crippen molar-refractivity contribution in [3.8, 4) is 5.75 Å². The number of esters is 1. The fourth-order valence-electron chi connectivity index (χ4n) is 4.91. The minimum atomic E-state index is -1.26. The van der Waals surface area contributed by atoms with Crippen LogP contribution < -0.4 is 20.7 Å². The molecule has 0 aliphatic rings. The van der Waals surface area contributed by atoms with E-state index in [9.17, 15) is 24.0 Å². The van der Waals surface area contributed by atoms with Crippen LogP contribution in [0.5, 0.6) is 5.75 Å². The first-order valence-corrected chi connectivity index (χ1v) is 18.3. The average Bonchev–Trinajstić information content (AvgIpc) is 3.03. The third-order valence-electron chi connectivity index (χ3n) is 7.47. The largest absolute Gasteiger partial charge is 0.425 e. The van der Waals surface area contributed by atoms with Gasteiger partial charge in [-0.15, -0.1) is 0 Å². The summed E-state index contributed by atoms with van der Waals surface area (Å²) in [7, 11) is 6.11. The van der Waals surface area contributed by atoms with Gasteiger partial charge in [0.15, 0.2) is 0 Å².